The van der Waals surface area contributed by atoms with Gasteiger partial charge in [-0.05, 0) is 36.9 Å². The lowest BCUT2D eigenvalue weighted by Gasteiger charge is -2.12. The standard InChI is InChI=1S/C12H20BrN5O2/c1-4-14-10(19)8-15-9-7-16-18(6-5-17(2)3)12(20)11(9)13/h7,15H,4-6,8H2,1-3H3,(H,14,19). The highest BCUT2D eigenvalue weighted by Gasteiger charge is 2.09. The third-order valence-corrected chi connectivity index (χ3v) is 3.32. The Balaban J connectivity index is 2.73. The Morgan fingerprint density at radius 3 is 2.80 bits per heavy atom. The van der Waals surface area contributed by atoms with Crippen molar-refractivity contribution in [2.75, 3.05) is 39.0 Å². The molecule has 0 bridgehead atoms. The topological polar surface area (TPSA) is 79.3 Å². The van der Waals surface area contributed by atoms with Crippen molar-refractivity contribution in [3.05, 3.63) is 21.0 Å². The number of carbonyl (C=O) groups excluding carboxylic acids is 1. The monoisotopic (exact) mass is 345 g/mol. The molecule has 0 unspecified atom stereocenters. The zero-order valence-corrected chi connectivity index (χ0v) is 13.5. The number of rotatable bonds is 7. The molecule has 0 aliphatic rings. The van der Waals surface area contributed by atoms with Crippen LogP contribution in [-0.4, -0.2) is 54.3 Å². The second-order valence-corrected chi connectivity index (χ2v) is 5.30. The van der Waals surface area contributed by atoms with Crippen molar-refractivity contribution in [1.82, 2.24) is 20.0 Å². The van der Waals surface area contributed by atoms with E-state index in [1.807, 2.05) is 25.9 Å². The molecular weight excluding hydrogens is 326 g/mol. The van der Waals surface area contributed by atoms with Gasteiger partial charge in [0, 0.05) is 13.1 Å². The van der Waals surface area contributed by atoms with E-state index in [9.17, 15) is 9.59 Å². The van der Waals surface area contributed by atoms with Crippen LogP contribution >= 0.6 is 15.9 Å². The first-order valence-corrected chi connectivity index (χ1v) is 7.16. The predicted octanol–water partition coefficient (Wildman–Crippen LogP) is 0.115. The molecule has 2 N–H and O–H groups in total. The van der Waals surface area contributed by atoms with Crippen LogP contribution in [0.15, 0.2) is 15.5 Å². The van der Waals surface area contributed by atoms with Crippen LogP contribution in [0.2, 0.25) is 0 Å². The van der Waals surface area contributed by atoms with Gasteiger partial charge in [0.05, 0.1) is 25.0 Å². The fourth-order valence-corrected chi connectivity index (χ4v) is 1.92. The molecule has 0 spiro atoms. The first-order chi connectivity index (χ1) is 9.45. The fraction of sp³-hybridized carbons (Fsp3) is 0.583. The Kier molecular flexibility index (Phi) is 6.66. The molecule has 0 saturated heterocycles. The number of anilines is 1. The minimum absolute atomic E-state index is 0.106. The van der Waals surface area contributed by atoms with Crippen LogP contribution in [0.1, 0.15) is 6.92 Å². The number of nitrogens with zero attached hydrogens (tertiary/aromatic N) is 3. The van der Waals surface area contributed by atoms with E-state index in [0.29, 0.717) is 23.2 Å². The zero-order valence-electron chi connectivity index (χ0n) is 11.9. The number of likely N-dealkylation sites (N-methyl/N-ethyl adjacent to an activating group) is 2. The highest BCUT2D eigenvalue weighted by Crippen LogP contribution is 2.15. The molecule has 0 aromatic carbocycles. The van der Waals surface area contributed by atoms with Crippen molar-refractivity contribution in [3.8, 4) is 0 Å². The van der Waals surface area contributed by atoms with E-state index in [1.165, 1.54) is 4.68 Å². The Morgan fingerprint density at radius 2 is 2.20 bits per heavy atom. The van der Waals surface area contributed by atoms with Gasteiger partial charge in [0.1, 0.15) is 4.47 Å². The van der Waals surface area contributed by atoms with Crippen LogP contribution in [0.3, 0.4) is 0 Å². The lowest BCUT2D eigenvalue weighted by Crippen LogP contribution is -2.32. The van der Waals surface area contributed by atoms with Crippen LogP contribution in [0.25, 0.3) is 0 Å². The molecule has 1 rings (SSSR count). The highest BCUT2D eigenvalue weighted by atomic mass is 79.9. The Bertz CT molecular complexity index is 515. The average Bonchev–Trinajstić information content (AvgIpc) is 2.39. The average molecular weight is 346 g/mol. The quantitative estimate of drug-likeness (QED) is 0.733. The van der Waals surface area contributed by atoms with Gasteiger partial charge < -0.3 is 15.5 Å². The van der Waals surface area contributed by atoms with E-state index in [2.05, 4.69) is 31.7 Å². The van der Waals surface area contributed by atoms with Gasteiger partial charge in [-0.1, -0.05) is 0 Å². The van der Waals surface area contributed by atoms with E-state index in [1.54, 1.807) is 6.20 Å². The Labute approximate surface area is 126 Å². The van der Waals surface area contributed by atoms with Gasteiger partial charge in [0.2, 0.25) is 5.91 Å². The minimum Gasteiger partial charge on any atom is -0.374 e. The molecule has 8 heteroatoms. The van der Waals surface area contributed by atoms with Gasteiger partial charge in [-0.15, -0.1) is 0 Å². The molecule has 0 radical (unpaired) electrons. The Hall–Kier alpha value is -1.41. The number of hydrogen-bond acceptors (Lipinski definition) is 5. The largest absolute Gasteiger partial charge is 0.374 e. The summed E-state index contributed by atoms with van der Waals surface area (Å²) >= 11 is 3.25. The van der Waals surface area contributed by atoms with E-state index < -0.39 is 0 Å². The van der Waals surface area contributed by atoms with Crippen molar-refractivity contribution in [1.29, 1.82) is 0 Å². The van der Waals surface area contributed by atoms with Crippen molar-refractivity contribution in [2.45, 2.75) is 13.5 Å². The second kappa shape index (κ2) is 8.01. The van der Waals surface area contributed by atoms with Gasteiger partial charge in [-0.3, -0.25) is 9.59 Å². The predicted molar refractivity (Wildman–Crippen MR) is 81.9 cm³/mol. The van der Waals surface area contributed by atoms with Gasteiger partial charge in [-0.25, -0.2) is 4.68 Å². The summed E-state index contributed by atoms with van der Waals surface area (Å²) in [6.07, 6.45) is 1.54. The molecule has 0 aliphatic carbocycles. The summed E-state index contributed by atoms with van der Waals surface area (Å²) in [5, 5.41) is 9.64. The van der Waals surface area contributed by atoms with Crippen LogP contribution in [0.4, 0.5) is 5.69 Å². The Morgan fingerprint density at radius 1 is 1.50 bits per heavy atom. The summed E-state index contributed by atoms with van der Waals surface area (Å²) in [6, 6.07) is 0. The summed E-state index contributed by atoms with van der Waals surface area (Å²) in [6.45, 7) is 3.77. The molecule has 112 valence electrons. The van der Waals surface area contributed by atoms with E-state index >= 15 is 0 Å². The van der Waals surface area contributed by atoms with E-state index in [0.717, 1.165) is 6.54 Å². The summed E-state index contributed by atoms with van der Waals surface area (Å²) in [7, 11) is 3.87. The van der Waals surface area contributed by atoms with Gasteiger partial charge in [-0.2, -0.15) is 5.10 Å². The number of aromatic nitrogens is 2. The van der Waals surface area contributed by atoms with Crippen LogP contribution < -0.4 is 16.2 Å². The SMILES string of the molecule is CCNC(=O)CNc1cnn(CCN(C)C)c(=O)c1Br. The first-order valence-electron chi connectivity index (χ1n) is 6.36. The lowest BCUT2D eigenvalue weighted by atomic mass is 10.4. The molecule has 0 saturated carbocycles. The second-order valence-electron chi connectivity index (χ2n) is 4.51. The minimum atomic E-state index is -0.215. The highest BCUT2D eigenvalue weighted by molar-refractivity contribution is 9.10. The fourth-order valence-electron chi connectivity index (χ4n) is 1.48. The number of nitrogens with one attached hydrogen (secondary N) is 2. The normalized spacial score (nSPS) is 10.7. The van der Waals surface area contributed by atoms with Gasteiger partial charge in [0.25, 0.3) is 5.56 Å². The molecule has 7 nitrogen and oxygen atoms in total. The summed E-state index contributed by atoms with van der Waals surface area (Å²) < 4.78 is 1.78. The van der Waals surface area contributed by atoms with Crippen molar-refractivity contribution in [3.63, 3.8) is 0 Å². The summed E-state index contributed by atoms with van der Waals surface area (Å²) in [5.74, 6) is -0.129. The van der Waals surface area contributed by atoms with Gasteiger partial charge >= 0.3 is 0 Å². The number of halogens is 1. The molecule has 0 fully saturated rings. The van der Waals surface area contributed by atoms with Crippen molar-refractivity contribution >= 4 is 27.5 Å². The molecule has 20 heavy (non-hydrogen) atoms. The molecular formula is C12H20BrN5O2. The maximum absolute atomic E-state index is 12.1. The van der Waals surface area contributed by atoms with Crippen LogP contribution in [-0.2, 0) is 11.3 Å². The molecule has 1 amide bonds. The first kappa shape index (κ1) is 16.6. The number of hydrogen-bond donors (Lipinski definition) is 2. The molecule has 0 atom stereocenters. The summed E-state index contributed by atoms with van der Waals surface area (Å²) in [4.78, 5) is 25.4. The van der Waals surface area contributed by atoms with Crippen LogP contribution in [0.5, 0.6) is 0 Å². The maximum Gasteiger partial charge on any atom is 0.283 e. The number of amides is 1. The summed E-state index contributed by atoms with van der Waals surface area (Å²) in [5.41, 5.74) is 0.301. The van der Waals surface area contributed by atoms with Crippen molar-refractivity contribution in [2.24, 2.45) is 0 Å². The third-order valence-electron chi connectivity index (χ3n) is 2.56. The maximum atomic E-state index is 12.1. The number of carbonyl (C=O) groups is 1. The van der Waals surface area contributed by atoms with Gasteiger partial charge in [0.15, 0.2) is 0 Å². The molecule has 1 heterocycles. The smallest absolute Gasteiger partial charge is 0.283 e. The van der Waals surface area contributed by atoms with E-state index in [4.69, 9.17) is 0 Å². The lowest BCUT2D eigenvalue weighted by molar-refractivity contribution is -0.119. The molecule has 1 aromatic heterocycles. The third kappa shape index (κ3) is 4.93. The zero-order chi connectivity index (χ0) is 15.1. The molecule has 0 aliphatic heterocycles. The van der Waals surface area contributed by atoms with Crippen molar-refractivity contribution < 1.29 is 4.79 Å². The van der Waals surface area contributed by atoms with Crippen LogP contribution in [0, 0.1) is 0 Å². The van der Waals surface area contributed by atoms with E-state index in [-0.39, 0.29) is 18.0 Å². The molecule has 1 aromatic rings.